The minimum atomic E-state index is 0. The van der Waals surface area contributed by atoms with Gasteiger partial charge < -0.3 is 15.2 Å². The minimum Gasteiger partial charge on any atom is -0.357 e. The zero-order valence-electron chi connectivity index (χ0n) is 16.9. The van der Waals surface area contributed by atoms with Gasteiger partial charge in [-0.2, -0.15) is 4.98 Å². The van der Waals surface area contributed by atoms with E-state index >= 15 is 0 Å². The van der Waals surface area contributed by atoms with Gasteiger partial charge in [0, 0.05) is 47.6 Å². The summed E-state index contributed by atoms with van der Waals surface area (Å²) in [6, 6.07) is 4.71. The first kappa shape index (κ1) is 23.9. The second kappa shape index (κ2) is 12.3. The lowest BCUT2D eigenvalue weighted by atomic mass is 10.2. The van der Waals surface area contributed by atoms with Crippen LogP contribution in [0.5, 0.6) is 0 Å². The van der Waals surface area contributed by atoms with Crippen molar-refractivity contribution in [3.63, 3.8) is 0 Å². The van der Waals surface area contributed by atoms with E-state index in [1.165, 1.54) is 9.75 Å². The fourth-order valence-electron chi connectivity index (χ4n) is 2.53. The number of nitrogens with one attached hydrogen (secondary N) is 2. The molecule has 0 fully saturated rings. The van der Waals surface area contributed by atoms with Crippen LogP contribution in [0.4, 0.5) is 0 Å². The summed E-state index contributed by atoms with van der Waals surface area (Å²) in [5.74, 6) is 2.63. The van der Waals surface area contributed by atoms with Gasteiger partial charge in [-0.25, -0.2) is 0 Å². The lowest BCUT2D eigenvalue weighted by Crippen LogP contribution is -2.43. The molecule has 6 nitrogen and oxygen atoms in total. The molecule has 0 saturated heterocycles. The molecule has 2 aromatic heterocycles. The van der Waals surface area contributed by atoms with Gasteiger partial charge in [-0.1, -0.05) is 19.0 Å². The molecule has 0 bridgehead atoms. The van der Waals surface area contributed by atoms with Crippen molar-refractivity contribution < 1.29 is 4.52 Å². The van der Waals surface area contributed by atoms with E-state index in [-0.39, 0.29) is 24.0 Å². The Morgan fingerprint density at radius 2 is 2.07 bits per heavy atom. The van der Waals surface area contributed by atoms with E-state index in [2.05, 4.69) is 72.5 Å². The predicted octanol–water partition coefficient (Wildman–Crippen LogP) is 4.30. The highest BCUT2D eigenvalue weighted by Gasteiger charge is 2.10. The maximum atomic E-state index is 5.27. The van der Waals surface area contributed by atoms with Crippen LogP contribution in [0, 0.1) is 6.92 Å². The van der Waals surface area contributed by atoms with Crippen LogP contribution in [0.3, 0.4) is 0 Å². The Labute approximate surface area is 183 Å². The normalized spacial score (nSPS) is 12.7. The SMILES string of the molecule is CCNC(=NCCCc1nc(C(C)C)no1)NC(C)Cc1ccc(C)s1.I. The fraction of sp³-hybridized carbons (Fsp3) is 0.632. The van der Waals surface area contributed by atoms with Crippen LogP contribution in [-0.4, -0.2) is 35.2 Å². The summed E-state index contributed by atoms with van der Waals surface area (Å²) in [6.45, 7) is 12.1. The molecule has 0 aromatic carbocycles. The number of aryl methyl sites for hydroxylation is 2. The van der Waals surface area contributed by atoms with Crippen molar-refractivity contribution in [2.75, 3.05) is 13.1 Å². The maximum Gasteiger partial charge on any atom is 0.226 e. The van der Waals surface area contributed by atoms with E-state index < -0.39 is 0 Å². The fourth-order valence-corrected chi connectivity index (χ4v) is 3.55. The molecule has 2 N–H and O–H groups in total. The van der Waals surface area contributed by atoms with Crippen molar-refractivity contribution in [1.29, 1.82) is 0 Å². The van der Waals surface area contributed by atoms with Crippen molar-refractivity contribution in [3.8, 4) is 0 Å². The van der Waals surface area contributed by atoms with Gasteiger partial charge in [0.25, 0.3) is 0 Å². The molecule has 2 heterocycles. The van der Waals surface area contributed by atoms with E-state index in [0.29, 0.717) is 17.9 Å². The first-order valence-electron chi connectivity index (χ1n) is 9.40. The average Bonchev–Trinajstić information content (AvgIpc) is 3.21. The molecular weight excluding hydrogens is 473 g/mol. The van der Waals surface area contributed by atoms with Gasteiger partial charge in [0.1, 0.15) is 0 Å². The molecule has 152 valence electrons. The Morgan fingerprint density at radius 1 is 1.30 bits per heavy atom. The molecule has 0 aliphatic heterocycles. The summed E-state index contributed by atoms with van der Waals surface area (Å²) < 4.78 is 5.27. The van der Waals surface area contributed by atoms with Gasteiger partial charge in [0.2, 0.25) is 5.89 Å². The smallest absolute Gasteiger partial charge is 0.226 e. The number of halogens is 1. The lowest BCUT2D eigenvalue weighted by Gasteiger charge is -2.17. The molecule has 1 atom stereocenters. The summed E-state index contributed by atoms with van der Waals surface area (Å²) in [7, 11) is 0. The molecule has 0 radical (unpaired) electrons. The van der Waals surface area contributed by atoms with Crippen LogP contribution >= 0.6 is 35.3 Å². The van der Waals surface area contributed by atoms with Gasteiger partial charge >= 0.3 is 0 Å². The van der Waals surface area contributed by atoms with Crippen LogP contribution in [0.15, 0.2) is 21.6 Å². The molecule has 0 aliphatic carbocycles. The van der Waals surface area contributed by atoms with Crippen molar-refractivity contribution in [1.82, 2.24) is 20.8 Å². The van der Waals surface area contributed by atoms with Gasteiger partial charge in [0.05, 0.1) is 0 Å². The third-order valence-electron chi connectivity index (χ3n) is 3.85. The highest BCUT2D eigenvalue weighted by Crippen LogP contribution is 2.16. The standard InChI is InChI=1S/C19H31N5OS.HI/c1-6-20-19(22-14(4)12-16-10-9-15(5)26-16)21-11-7-8-17-23-18(13(2)3)24-25-17;/h9-10,13-14H,6-8,11-12H2,1-5H3,(H2,20,21,22);1H. The number of aromatic nitrogens is 2. The molecular formula is C19H32IN5OS. The number of thiophene rings is 1. The molecule has 0 saturated carbocycles. The Kier molecular flexibility index (Phi) is 10.9. The number of rotatable bonds is 9. The molecule has 8 heteroatoms. The van der Waals surface area contributed by atoms with Crippen molar-refractivity contribution in [2.24, 2.45) is 4.99 Å². The second-order valence-electron chi connectivity index (χ2n) is 6.83. The summed E-state index contributed by atoms with van der Waals surface area (Å²) in [4.78, 5) is 11.8. The Bertz CT molecular complexity index is 698. The van der Waals surface area contributed by atoms with E-state index in [4.69, 9.17) is 4.52 Å². The second-order valence-corrected chi connectivity index (χ2v) is 8.20. The lowest BCUT2D eigenvalue weighted by molar-refractivity contribution is 0.369. The highest BCUT2D eigenvalue weighted by molar-refractivity contribution is 14.0. The Balaban J connectivity index is 0.00000364. The molecule has 0 amide bonds. The van der Waals surface area contributed by atoms with E-state index in [1.807, 2.05) is 11.3 Å². The van der Waals surface area contributed by atoms with Gasteiger partial charge in [0.15, 0.2) is 11.8 Å². The molecule has 0 aliphatic rings. The average molecular weight is 505 g/mol. The largest absolute Gasteiger partial charge is 0.357 e. The maximum absolute atomic E-state index is 5.27. The molecule has 0 spiro atoms. The van der Waals surface area contributed by atoms with Crippen LogP contribution in [0.2, 0.25) is 0 Å². The third kappa shape index (κ3) is 8.59. The van der Waals surface area contributed by atoms with Crippen molar-refractivity contribution in [3.05, 3.63) is 33.6 Å². The molecule has 2 rings (SSSR count). The number of hydrogen-bond donors (Lipinski definition) is 2. The Morgan fingerprint density at radius 3 is 2.67 bits per heavy atom. The molecule has 2 aromatic rings. The Hall–Kier alpha value is -1.16. The monoisotopic (exact) mass is 505 g/mol. The number of nitrogens with zero attached hydrogens (tertiary/aromatic N) is 3. The number of aliphatic imine (C=N–C) groups is 1. The first-order chi connectivity index (χ1) is 12.5. The van der Waals surface area contributed by atoms with Gasteiger partial charge in [-0.05, 0) is 39.3 Å². The van der Waals surface area contributed by atoms with Crippen LogP contribution in [-0.2, 0) is 12.8 Å². The van der Waals surface area contributed by atoms with Crippen LogP contribution in [0.25, 0.3) is 0 Å². The zero-order chi connectivity index (χ0) is 18.9. The number of hydrogen-bond acceptors (Lipinski definition) is 5. The van der Waals surface area contributed by atoms with Crippen LogP contribution < -0.4 is 10.6 Å². The molecule has 27 heavy (non-hydrogen) atoms. The predicted molar refractivity (Wildman–Crippen MR) is 123 cm³/mol. The van der Waals surface area contributed by atoms with E-state index in [9.17, 15) is 0 Å². The summed E-state index contributed by atoms with van der Waals surface area (Å²) in [6.07, 6.45) is 2.64. The van der Waals surface area contributed by atoms with E-state index in [0.717, 1.165) is 44.1 Å². The van der Waals surface area contributed by atoms with Crippen LogP contribution in [0.1, 0.15) is 61.5 Å². The summed E-state index contributed by atoms with van der Waals surface area (Å²) in [5.41, 5.74) is 0. The quantitative estimate of drug-likeness (QED) is 0.230. The van der Waals surface area contributed by atoms with Crippen molar-refractivity contribution in [2.45, 2.75) is 65.8 Å². The highest BCUT2D eigenvalue weighted by atomic mass is 127. The topological polar surface area (TPSA) is 75.3 Å². The number of guanidine groups is 1. The van der Waals surface area contributed by atoms with Gasteiger partial charge in [-0.15, -0.1) is 35.3 Å². The summed E-state index contributed by atoms with van der Waals surface area (Å²) >= 11 is 1.86. The third-order valence-corrected chi connectivity index (χ3v) is 4.87. The van der Waals surface area contributed by atoms with Crippen molar-refractivity contribution >= 4 is 41.3 Å². The first-order valence-corrected chi connectivity index (χ1v) is 10.2. The zero-order valence-corrected chi connectivity index (χ0v) is 20.1. The van der Waals surface area contributed by atoms with E-state index in [1.54, 1.807) is 0 Å². The minimum absolute atomic E-state index is 0. The van der Waals surface area contributed by atoms with Gasteiger partial charge in [-0.3, -0.25) is 4.99 Å². The molecule has 1 unspecified atom stereocenters. The summed E-state index contributed by atoms with van der Waals surface area (Å²) in [5, 5.41) is 10.8.